The van der Waals surface area contributed by atoms with Gasteiger partial charge in [0, 0.05) is 30.4 Å². The standard InChI is InChI=1S/C17H20ClNO2/c1-4-21-17(20)15-10-9-14(19(2)3)11-16(15)12-5-7-13(18)8-6-12/h5-8,11H,4,9-10H2,1-3H3. The van der Waals surface area contributed by atoms with E-state index in [-0.39, 0.29) is 5.97 Å². The van der Waals surface area contributed by atoms with Crippen LogP contribution in [0.2, 0.25) is 5.02 Å². The molecule has 0 saturated carbocycles. The highest BCUT2D eigenvalue weighted by Gasteiger charge is 2.22. The molecule has 0 heterocycles. The van der Waals surface area contributed by atoms with E-state index in [1.165, 1.54) is 5.70 Å². The molecule has 3 nitrogen and oxygen atoms in total. The van der Waals surface area contributed by atoms with E-state index in [4.69, 9.17) is 16.3 Å². The number of ether oxygens (including phenoxy) is 1. The van der Waals surface area contributed by atoms with Crippen molar-refractivity contribution in [2.24, 2.45) is 0 Å². The lowest BCUT2D eigenvalue weighted by molar-refractivity contribution is -0.138. The van der Waals surface area contributed by atoms with Crippen LogP contribution in [0.1, 0.15) is 25.3 Å². The van der Waals surface area contributed by atoms with E-state index in [2.05, 4.69) is 11.0 Å². The van der Waals surface area contributed by atoms with Crippen LogP contribution in [0.5, 0.6) is 0 Å². The molecule has 21 heavy (non-hydrogen) atoms. The number of carbonyl (C=O) groups is 1. The molecule has 1 aromatic carbocycles. The normalized spacial score (nSPS) is 14.8. The molecule has 1 aliphatic rings. The van der Waals surface area contributed by atoms with Crippen molar-refractivity contribution in [3.05, 3.63) is 52.2 Å². The molecule has 0 bridgehead atoms. The first-order valence-corrected chi connectivity index (χ1v) is 7.44. The Hall–Kier alpha value is -1.74. The van der Waals surface area contributed by atoms with E-state index in [1.807, 2.05) is 45.3 Å². The summed E-state index contributed by atoms with van der Waals surface area (Å²) in [5.41, 5.74) is 3.86. The molecule has 0 spiro atoms. The predicted molar refractivity (Wildman–Crippen MR) is 86.0 cm³/mol. The second-order valence-electron chi connectivity index (χ2n) is 5.15. The maximum atomic E-state index is 12.2. The molecular formula is C17H20ClNO2. The van der Waals surface area contributed by atoms with Crippen LogP contribution >= 0.6 is 11.6 Å². The average molecular weight is 306 g/mol. The number of halogens is 1. The first kappa shape index (κ1) is 15.6. The highest BCUT2D eigenvalue weighted by atomic mass is 35.5. The van der Waals surface area contributed by atoms with E-state index < -0.39 is 0 Å². The molecule has 0 aromatic heterocycles. The molecule has 0 atom stereocenters. The Bertz CT molecular complexity index is 585. The molecule has 0 fully saturated rings. The maximum absolute atomic E-state index is 12.2. The summed E-state index contributed by atoms with van der Waals surface area (Å²) in [6, 6.07) is 7.55. The number of hydrogen-bond acceptors (Lipinski definition) is 3. The fourth-order valence-corrected chi connectivity index (χ4v) is 2.51. The third-order valence-corrected chi connectivity index (χ3v) is 3.77. The number of allylic oxidation sites excluding steroid dienone is 3. The Morgan fingerprint density at radius 1 is 1.24 bits per heavy atom. The topological polar surface area (TPSA) is 29.5 Å². The zero-order valence-corrected chi connectivity index (χ0v) is 13.4. The first-order chi connectivity index (χ1) is 10.0. The third-order valence-electron chi connectivity index (χ3n) is 3.52. The molecule has 0 radical (unpaired) electrons. The Morgan fingerprint density at radius 2 is 1.90 bits per heavy atom. The summed E-state index contributed by atoms with van der Waals surface area (Å²) in [6.45, 7) is 2.21. The van der Waals surface area contributed by atoms with Gasteiger partial charge in [-0.25, -0.2) is 4.79 Å². The largest absolute Gasteiger partial charge is 0.463 e. The summed E-state index contributed by atoms with van der Waals surface area (Å²) in [4.78, 5) is 14.3. The van der Waals surface area contributed by atoms with E-state index in [0.29, 0.717) is 18.1 Å². The van der Waals surface area contributed by atoms with Gasteiger partial charge in [-0.15, -0.1) is 0 Å². The summed E-state index contributed by atoms with van der Waals surface area (Å²) < 4.78 is 5.19. The van der Waals surface area contributed by atoms with Gasteiger partial charge in [-0.1, -0.05) is 23.7 Å². The van der Waals surface area contributed by atoms with Crippen molar-refractivity contribution in [3.63, 3.8) is 0 Å². The van der Waals surface area contributed by atoms with Crippen LogP contribution in [0.25, 0.3) is 5.57 Å². The average Bonchev–Trinajstić information content (AvgIpc) is 2.47. The highest BCUT2D eigenvalue weighted by molar-refractivity contribution is 6.30. The molecule has 0 N–H and O–H groups in total. The van der Waals surface area contributed by atoms with Crippen molar-refractivity contribution in [1.82, 2.24) is 4.90 Å². The van der Waals surface area contributed by atoms with Gasteiger partial charge in [0.25, 0.3) is 0 Å². The summed E-state index contributed by atoms with van der Waals surface area (Å²) >= 11 is 5.95. The monoisotopic (exact) mass is 305 g/mol. The summed E-state index contributed by atoms with van der Waals surface area (Å²) in [6.07, 6.45) is 3.61. The molecule has 112 valence electrons. The van der Waals surface area contributed by atoms with Crippen LogP contribution in [0.15, 0.2) is 41.6 Å². The maximum Gasteiger partial charge on any atom is 0.334 e. The molecule has 2 rings (SSSR count). The van der Waals surface area contributed by atoms with Crippen LogP contribution in [0.4, 0.5) is 0 Å². The smallest absolute Gasteiger partial charge is 0.334 e. The zero-order chi connectivity index (χ0) is 15.4. The number of esters is 1. The molecular weight excluding hydrogens is 286 g/mol. The quantitative estimate of drug-likeness (QED) is 0.790. The lowest BCUT2D eigenvalue weighted by atomic mass is 9.90. The van der Waals surface area contributed by atoms with Gasteiger partial charge in [-0.05, 0) is 49.1 Å². The minimum atomic E-state index is -0.225. The van der Waals surface area contributed by atoms with Gasteiger partial charge in [-0.2, -0.15) is 0 Å². The fraction of sp³-hybridized carbons (Fsp3) is 0.353. The number of carbonyl (C=O) groups excluding carboxylic acids is 1. The predicted octanol–water partition coefficient (Wildman–Crippen LogP) is 3.90. The lowest BCUT2D eigenvalue weighted by Gasteiger charge is -2.24. The van der Waals surface area contributed by atoms with Crippen molar-refractivity contribution >= 4 is 23.1 Å². The highest BCUT2D eigenvalue weighted by Crippen LogP contribution is 2.32. The van der Waals surface area contributed by atoms with Crippen molar-refractivity contribution < 1.29 is 9.53 Å². The number of benzene rings is 1. The van der Waals surface area contributed by atoms with E-state index in [9.17, 15) is 4.79 Å². The molecule has 4 heteroatoms. The minimum absolute atomic E-state index is 0.225. The fourth-order valence-electron chi connectivity index (χ4n) is 2.38. The molecule has 1 aromatic rings. The van der Waals surface area contributed by atoms with Crippen molar-refractivity contribution in [2.45, 2.75) is 19.8 Å². The van der Waals surface area contributed by atoms with Crippen molar-refractivity contribution in [3.8, 4) is 0 Å². The number of nitrogens with zero attached hydrogens (tertiary/aromatic N) is 1. The van der Waals surface area contributed by atoms with Crippen LogP contribution in [-0.4, -0.2) is 31.6 Å². The van der Waals surface area contributed by atoms with Crippen molar-refractivity contribution in [1.29, 1.82) is 0 Å². The van der Waals surface area contributed by atoms with Gasteiger partial charge in [0.05, 0.1) is 6.61 Å². The van der Waals surface area contributed by atoms with E-state index in [0.717, 1.165) is 23.1 Å². The van der Waals surface area contributed by atoms with Gasteiger partial charge in [-0.3, -0.25) is 0 Å². The molecule has 0 amide bonds. The first-order valence-electron chi connectivity index (χ1n) is 7.07. The summed E-state index contributed by atoms with van der Waals surface area (Å²) in [5.74, 6) is -0.225. The van der Waals surface area contributed by atoms with E-state index >= 15 is 0 Å². The Labute approximate surface area is 130 Å². The van der Waals surface area contributed by atoms with E-state index in [1.54, 1.807) is 0 Å². The van der Waals surface area contributed by atoms with Crippen LogP contribution in [-0.2, 0) is 9.53 Å². The number of rotatable bonds is 4. The van der Waals surface area contributed by atoms with Gasteiger partial charge in [0.15, 0.2) is 0 Å². The van der Waals surface area contributed by atoms with Gasteiger partial charge in [0.2, 0.25) is 0 Å². The zero-order valence-electron chi connectivity index (χ0n) is 12.6. The number of hydrogen-bond donors (Lipinski definition) is 0. The van der Waals surface area contributed by atoms with Crippen molar-refractivity contribution in [2.75, 3.05) is 20.7 Å². The van der Waals surface area contributed by atoms with Crippen LogP contribution in [0.3, 0.4) is 0 Å². The molecule has 0 unspecified atom stereocenters. The van der Waals surface area contributed by atoms with Gasteiger partial charge < -0.3 is 9.64 Å². The second kappa shape index (κ2) is 6.81. The minimum Gasteiger partial charge on any atom is -0.463 e. The third kappa shape index (κ3) is 3.67. The van der Waals surface area contributed by atoms with Gasteiger partial charge >= 0.3 is 5.97 Å². The lowest BCUT2D eigenvalue weighted by Crippen LogP contribution is -2.18. The second-order valence-corrected chi connectivity index (χ2v) is 5.59. The molecule has 0 saturated heterocycles. The summed E-state index contributed by atoms with van der Waals surface area (Å²) in [5, 5.41) is 0.685. The van der Waals surface area contributed by atoms with Crippen LogP contribution < -0.4 is 0 Å². The molecule has 1 aliphatic carbocycles. The van der Waals surface area contributed by atoms with Crippen LogP contribution in [0, 0.1) is 0 Å². The summed E-state index contributed by atoms with van der Waals surface area (Å²) in [7, 11) is 4.03. The Morgan fingerprint density at radius 3 is 2.48 bits per heavy atom. The molecule has 0 aliphatic heterocycles. The Kier molecular flexibility index (Phi) is 5.07. The SMILES string of the molecule is CCOC(=O)C1=C(c2ccc(Cl)cc2)C=C(N(C)C)CC1. The Balaban J connectivity index is 2.48. The van der Waals surface area contributed by atoms with Gasteiger partial charge in [0.1, 0.15) is 0 Å².